The van der Waals surface area contributed by atoms with Gasteiger partial charge in [0.1, 0.15) is 17.0 Å². The molecule has 5 rings (SSSR count). The Kier molecular flexibility index (Phi) is 5.62. The van der Waals surface area contributed by atoms with E-state index in [2.05, 4.69) is 9.97 Å². The van der Waals surface area contributed by atoms with Gasteiger partial charge in [-0.1, -0.05) is 35.1 Å². The Labute approximate surface area is 198 Å². The highest BCUT2D eigenvalue weighted by molar-refractivity contribution is 7.22. The number of ether oxygens (including phenoxy) is 2. The van der Waals surface area contributed by atoms with E-state index in [0.717, 1.165) is 10.2 Å². The molecular weight excluding hydrogens is 462 g/mol. The highest BCUT2D eigenvalue weighted by Gasteiger charge is 2.23. The molecule has 2 heterocycles. The maximum atomic E-state index is 12.9. The summed E-state index contributed by atoms with van der Waals surface area (Å²) in [7, 11) is 1.70. The summed E-state index contributed by atoms with van der Waals surface area (Å²) >= 11 is 7.43. The Bertz CT molecular complexity index is 1410. The quantitative estimate of drug-likeness (QED) is 0.284. The SMILES string of the molecule is C[C@@H](Oc1ccc(Oc2nc3ccc(Cl)cc3o2)cc1)C(=O)N(C)c1nc2ccccc2s1. The Morgan fingerprint density at radius 1 is 1.03 bits per heavy atom. The molecule has 33 heavy (non-hydrogen) atoms. The zero-order chi connectivity index (χ0) is 22.9. The number of fused-ring (bicyclic) bond motifs is 2. The predicted molar refractivity (Wildman–Crippen MR) is 129 cm³/mol. The van der Waals surface area contributed by atoms with Gasteiger partial charge in [0.15, 0.2) is 16.8 Å². The Morgan fingerprint density at radius 2 is 1.79 bits per heavy atom. The van der Waals surface area contributed by atoms with Gasteiger partial charge in [0.25, 0.3) is 5.91 Å². The average Bonchev–Trinajstić information content (AvgIpc) is 3.42. The summed E-state index contributed by atoms with van der Waals surface area (Å²) in [5.41, 5.74) is 2.06. The van der Waals surface area contributed by atoms with Crippen LogP contribution in [-0.2, 0) is 4.79 Å². The number of para-hydroxylation sites is 1. The summed E-state index contributed by atoms with van der Waals surface area (Å²) in [6.45, 7) is 1.71. The van der Waals surface area contributed by atoms with Gasteiger partial charge in [-0.2, -0.15) is 4.98 Å². The van der Waals surface area contributed by atoms with E-state index in [9.17, 15) is 4.79 Å². The van der Waals surface area contributed by atoms with Gasteiger partial charge in [-0.05, 0) is 55.5 Å². The van der Waals surface area contributed by atoms with Gasteiger partial charge in [0.05, 0.1) is 10.2 Å². The Balaban J connectivity index is 1.23. The Hall–Kier alpha value is -3.62. The van der Waals surface area contributed by atoms with Gasteiger partial charge < -0.3 is 13.9 Å². The van der Waals surface area contributed by atoms with Gasteiger partial charge in [-0.25, -0.2) is 4.98 Å². The van der Waals surface area contributed by atoms with Crippen molar-refractivity contribution in [3.05, 3.63) is 71.8 Å². The molecule has 0 saturated carbocycles. The van der Waals surface area contributed by atoms with Crippen LogP contribution in [0.2, 0.25) is 5.02 Å². The van der Waals surface area contributed by atoms with E-state index in [0.29, 0.717) is 32.8 Å². The lowest BCUT2D eigenvalue weighted by Crippen LogP contribution is -2.37. The fraction of sp³-hybridized carbons (Fsp3) is 0.125. The summed E-state index contributed by atoms with van der Waals surface area (Å²) in [4.78, 5) is 23.2. The number of rotatable bonds is 6. The van der Waals surface area contributed by atoms with Crippen LogP contribution in [-0.4, -0.2) is 29.0 Å². The molecule has 0 N–H and O–H groups in total. The van der Waals surface area contributed by atoms with Gasteiger partial charge in [0.2, 0.25) is 0 Å². The van der Waals surface area contributed by atoms with E-state index in [1.807, 2.05) is 24.3 Å². The first kappa shape index (κ1) is 21.2. The summed E-state index contributed by atoms with van der Waals surface area (Å²) in [5, 5.41) is 1.18. The molecule has 166 valence electrons. The van der Waals surface area contributed by atoms with E-state index in [1.165, 1.54) is 16.2 Å². The summed E-state index contributed by atoms with van der Waals surface area (Å²) in [6, 6.07) is 19.8. The third kappa shape index (κ3) is 4.48. The topological polar surface area (TPSA) is 77.7 Å². The normalized spacial score (nSPS) is 12.1. The van der Waals surface area contributed by atoms with E-state index < -0.39 is 6.10 Å². The lowest BCUT2D eigenvalue weighted by atomic mass is 10.3. The minimum Gasteiger partial charge on any atom is -0.481 e. The van der Waals surface area contributed by atoms with Crippen LogP contribution >= 0.6 is 22.9 Å². The van der Waals surface area contributed by atoms with Crippen LogP contribution in [0.15, 0.2) is 71.1 Å². The first-order valence-electron chi connectivity index (χ1n) is 10.1. The summed E-state index contributed by atoms with van der Waals surface area (Å²) < 4.78 is 18.1. The molecule has 0 spiro atoms. The highest BCUT2D eigenvalue weighted by Crippen LogP contribution is 2.30. The molecule has 0 saturated heterocycles. The fourth-order valence-corrected chi connectivity index (χ4v) is 4.33. The minimum atomic E-state index is -0.699. The third-order valence-corrected chi connectivity index (χ3v) is 6.27. The van der Waals surface area contributed by atoms with E-state index in [4.69, 9.17) is 25.5 Å². The molecule has 0 aliphatic rings. The van der Waals surface area contributed by atoms with Crippen molar-refractivity contribution in [2.45, 2.75) is 13.0 Å². The zero-order valence-corrected chi connectivity index (χ0v) is 19.3. The number of amides is 1. The lowest BCUT2D eigenvalue weighted by Gasteiger charge is -2.20. The van der Waals surface area contributed by atoms with E-state index >= 15 is 0 Å². The van der Waals surface area contributed by atoms with Crippen molar-refractivity contribution in [2.75, 3.05) is 11.9 Å². The van der Waals surface area contributed by atoms with Crippen molar-refractivity contribution in [3.63, 3.8) is 0 Å². The van der Waals surface area contributed by atoms with E-state index in [1.54, 1.807) is 56.4 Å². The van der Waals surface area contributed by atoms with Crippen LogP contribution in [0.4, 0.5) is 5.13 Å². The largest absolute Gasteiger partial charge is 0.481 e. The van der Waals surface area contributed by atoms with Crippen LogP contribution in [0.1, 0.15) is 6.92 Å². The molecule has 0 unspecified atom stereocenters. The summed E-state index contributed by atoms with van der Waals surface area (Å²) in [5.74, 6) is 0.857. The standard InChI is InChI=1S/C24H18ClN3O4S/c1-14(22(29)28(2)23-26-19-5-3-4-6-21(19)33-23)30-16-8-10-17(11-9-16)31-24-27-18-12-7-15(25)13-20(18)32-24/h3-14H,1-2H3/t14-/m1/s1. The fourth-order valence-electron chi connectivity index (χ4n) is 3.23. The van der Waals surface area contributed by atoms with Crippen LogP contribution in [0.25, 0.3) is 21.3 Å². The monoisotopic (exact) mass is 479 g/mol. The number of halogens is 1. The van der Waals surface area contributed by atoms with E-state index in [-0.39, 0.29) is 12.0 Å². The molecule has 9 heteroatoms. The van der Waals surface area contributed by atoms with Crippen LogP contribution in [0, 0.1) is 0 Å². The highest BCUT2D eigenvalue weighted by atomic mass is 35.5. The molecule has 7 nitrogen and oxygen atoms in total. The molecule has 2 aromatic heterocycles. The van der Waals surface area contributed by atoms with Crippen LogP contribution in [0.3, 0.4) is 0 Å². The number of carbonyl (C=O) groups is 1. The molecule has 3 aromatic carbocycles. The number of oxazole rings is 1. The van der Waals surface area contributed by atoms with Gasteiger partial charge in [0, 0.05) is 18.1 Å². The summed E-state index contributed by atoms with van der Waals surface area (Å²) in [6.07, 6.45) is -0.586. The number of likely N-dealkylation sites (N-methyl/N-ethyl adjacent to an activating group) is 1. The third-order valence-electron chi connectivity index (χ3n) is 4.92. The van der Waals surface area contributed by atoms with Crippen molar-refractivity contribution < 1.29 is 18.7 Å². The second-order valence-corrected chi connectivity index (χ2v) is 8.73. The number of nitrogens with zero attached hydrogens (tertiary/aromatic N) is 3. The number of hydrogen-bond acceptors (Lipinski definition) is 7. The van der Waals surface area contributed by atoms with Crippen LogP contribution < -0.4 is 14.4 Å². The molecule has 0 fully saturated rings. The number of hydrogen-bond donors (Lipinski definition) is 0. The number of aromatic nitrogens is 2. The van der Waals surface area contributed by atoms with Gasteiger partial charge in [-0.3, -0.25) is 9.69 Å². The number of anilines is 1. The molecular formula is C24H18ClN3O4S. The molecule has 0 aliphatic carbocycles. The second kappa shape index (κ2) is 8.73. The molecule has 0 aliphatic heterocycles. The molecule has 1 amide bonds. The predicted octanol–water partition coefficient (Wildman–Crippen LogP) is 6.31. The van der Waals surface area contributed by atoms with Gasteiger partial charge in [-0.15, -0.1) is 0 Å². The first-order valence-corrected chi connectivity index (χ1v) is 11.3. The maximum absolute atomic E-state index is 12.9. The zero-order valence-electron chi connectivity index (χ0n) is 17.7. The van der Waals surface area contributed by atoms with Gasteiger partial charge >= 0.3 is 6.08 Å². The second-order valence-electron chi connectivity index (χ2n) is 7.29. The van der Waals surface area contributed by atoms with Crippen molar-refractivity contribution in [1.82, 2.24) is 9.97 Å². The molecule has 0 radical (unpaired) electrons. The van der Waals surface area contributed by atoms with Crippen molar-refractivity contribution in [3.8, 4) is 17.6 Å². The molecule has 5 aromatic rings. The van der Waals surface area contributed by atoms with Crippen molar-refractivity contribution >= 4 is 55.3 Å². The number of thiazole rings is 1. The average molecular weight is 480 g/mol. The number of benzene rings is 3. The number of carbonyl (C=O) groups excluding carboxylic acids is 1. The minimum absolute atomic E-state index is 0.113. The maximum Gasteiger partial charge on any atom is 0.400 e. The molecule has 0 bridgehead atoms. The van der Waals surface area contributed by atoms with Crippen molar-refractivity contribution in [1.29, 1.82) is 0 Å². The lowest BCUT2D eigenvalue weighted by molar-refractivity contribution is -0.124. The van der Waals surface area contributed by atoms with Crippen molar-refractivity contribution in [2.24, 2.45) is 0 Å². The Morgan fingerprint density at radius 3 is 2.58 bits per heavy atom. The molecule has 1 atom stereocenters. The smallest absolute Gasteiger partial charge is 0.400 e. The van der Waals surface area contributed by atoms with Crippen LogP contribution in [0.5, 0.6) is 17.6 Å². The first-order chi connectivity index (χ1) is 16.0.